The molecule has 3 aromatic rings. The summed E-state index contributed by atoms with van der Waals surface area (Å²) in [5, 5.41) is 8.20. The Kier molecular flexibility index (Phi) is 4.72. The molecular formula is C17H16N4O2S. The molecule has 1 amide bonds. The number of benzene rings is 1. The summed E-state index contributed by atoms with van der Waals surface area (Å²) in [6.45, 7) is 1.95. The normalized spacial score (nSPS) is 10.2. The summed E-state index contributed by atoms with van der Waals surface area (Å²) in [5.41, 5.74) is 1.98. The van der Waals surface area contributed by atoms with Crippen LogP contribution in [-0.2, 0) is 0 Å². The third kappa shape index (κ3) is 3.69. The van der Waals surface area contributed by atoms with Gasteiger partial charge in [0.2, 0.25) is 0 Å². The van der Waals surface area contributed by atoms with Crippen LogP contribution in [0.25, 0.3) is 0 Å². The molecule has 0 unspecified atom stereocenters. The van der Waals surface area contributed by atoms with Gasteiger partial charge in [-0.2, -0.15) is 0 Å². The first-order chi connectivity index (χ1) is 11.7. The van der Waals surface area contributed by atoms with Crippen LogP contribution in [-0.4, -0.2) is 23.0 Å². The van der Waals surface area contributed by atoms with Crippen LogP contribution >= 0.6 is 11.3 Å². The second-order valence-electron chi connectivity index (χ2n) is 5.04. The van der Waals surface area contributed by atoms with Crippen molar-refractivity contribution in [1.82, 2.24) is 9.97 Å². The maximum absolute atomic E-state index is 12.4. The van der Waals surface area contributed by atoms with E-state index in [4.69, 9.17) is 4.74 Å². The number of carbonyl (C=O) groups is 1. The number of hydrogen-bond acceptors (Lipinski definition) is 6. The summed E-state index contributed by atoms with van der Waals surface area (Å²) in [4.78, 5) is 20.9. The Hall–Kier alpha value is -2.93. The molecule has 0 saturated carbocycles. The van der Waals surface area contributed by atoms with Crippen molar-refractivity contribution in [2.45, 2.75) is 6.92 Å². The zero-order valence-corrected chi connectivity index (χ0v) is 14.1. The van der Waals surface area contributed by atoms with Gasteiger partial charge >= 0.3 is 0 Å². The highest BCUT2D eigenvalue weighted by atomic mass is 32.1. The topological polar surface area (TPSA) is 76.1 Å². The first-order valence-electron chi connectivity index (χ1n) is 7.25. The molecule has 2 aromatic heterocycles. The Morgan fingerprint density at radius 2 is 2.12 bits per heavy atom. The van der Waals surface area contributed by atoms with E-state index >= 15 is 0 Å². The van der Waals surface area contributed by atoms with Gasteiger partial charge in [0.25, 0.3) is 5.91 Å². The average Bonchev–Trinajstić information content (AvgIpc) is 3.05. The number of anilines is 3. The molecule has 24 heavy (non-hydrogen) atoms. The van der Waals surface area contributed by atoms with E-state index in [0.717, 1.165) is 5.56 Å². The van der Waals surface area contributed by atoms with Gasteiger partial charge in [0.15, 0.2) is 5.13 Å². The van der Waals surface area contributed by atoms with Crippen molar-refractivity contribution < 1.29 is 9.53 Å². The third-order valence-corrected chi connectivity index (χ3v) is 4.00. The molecule has 0 radical (unpaired) electrons. The quantitative estimate of drug-likeness (QED) is 0.738. The predicted molar refractivity (Wildman–Crippen MR) is 95.3 cm³/mol. The Morgan fingerprint density at radius 1 is 1.25 bits per heavy atom. The van der Waals surface area contributed by atoms with Crippen LogP contribution in [0.3, 0.4) is 0 Å². The number of aryl methyl sites for hydroxylation is 1. The Labute approximate surface area is 143 Å². The number of amides is 1. The fraction of sp³-hybridized carbons (Fsp3) is 0.118. The van der Waals surface area contributed by atoms with Crippen molar-refractivity contribution in [1.29, 1.82) is 0 Å². The number of methoxy groups -OCH3 is 1. The van der Waals surface area contributed by atoms with Crippen LogP contribution < -0.4 is 15.4 Å². The number of hydrogen-bond donors (Lipinski definition) is 2. The summed E-state index contributed by atoms with van der Waals surface area (Å²) in [5.74, 6) is 0.999. The third-order valence-electron chi connectivity index (χ3n) is 3.24. The molecule has 2 N–H and O–H groups in total. The molecule has 6 nitrogen and oxygen atoms in total. The Balaban J connectivity index is 1.73. The second kappa shape index (κ2) is 7.10. The molecule has 0 aliphatic carbocycles. The van der Waals surface area contributed by atoms with E-state index < -0.39 is 0 Å². The number of aromatic nitrogens is 2. The van der Waals surface area contributed by atoms with Crippen LogP contribution in [0.5, 0.6) is 5.75 Å². The van der Waals surface area contributed by atoms with Crippen molar-refractivity contribution in [2.75, 3.05) is 17.7 Å². The van der Waals surface area contributed by atoms with Crippen LogP contribution in [0.4, 0.5) is 16.6 Å². The van der Waals surface area contributed by atoms with Gasteiger partial charge in [-0.3, -0.25) is 4.79 Å². The average molecular weight is 340 g/mol. The summed E-state index contributed by atoms with van der Waals surface area (Å²) in [7, 11) is 1.57. The first kappa shape index (κ1) is 15.9. The second-order valence-corrected chi connectivity index (χ2v) is 5.89. The lowest BCUT2D eigenvalue weighted by molar-refractivity contribution is 0.102. The van der Waals surface area contributed by atoms with Crippen LogP contribution in [0.15, 0.2) is 48.0 Å². The van der Waals surface area contributed by atoms with Gasteiger partial charge in [0.1, 0.15) is 17.3 Å². The van der Waals surface area contributed by atoms with Gasteiger partial charge in [-0.15, -0.1) is 11.3 Å². The standard InChI is InChI=1S/C17H16N4O2S/c1-11-6-7-14(23-2)12(9-11)19-16(22)13-10-24-17(20-13)21-15-5-3-4-8-18-15/h3-10H,1-2H3,(H,19,22)(H,18,20,21). The molecule has 0 fully saturated rings. The van der Waals surface area contributed by atoms with Crippen LogP contribution in [0, 0.1) is 6.92 Å². The van der Waals surface area contributed by atoms with Crippen molar-refractivity contribution in [3.63, 3.8) is 0 Å². The summed E-state index contributed by atoms with van der Waals surface area (Å²) >= 11 is 1.34. The van der Waals surface area contributed by atoms with E-state index in [-0.39, 0.29) is 5.91 Å². The molecule has 2 heterocycles. The molecule has 0 bridgehead atoms. The van der Waals surface area contributed by atoms with Gasteiger partial charge in [-0.1, -0.05) is 12.1 Å². The predicted octanol–water partition coefficient (Wildman–Crippen LogP) is 3.85. The van der Waals surface area contributed by atoms with Crippen molar-refractivity contribution in [3.8, 4) is 5.75 Å². The molecule has 7 heteroatoms. The van der Waals surface area contributed by atoms with Gasteiger partial charge < -0.3 is 15.4 Å². The zero-order chi connectivity index (χ0) is 16.9. The van der Waals surface area contributed by atoms with E-state index in [1.165, 1.54) is 11.3 Å². The molecule has 0 spiro atoms. The van der Waals surface area contributed by atoms with Crippen LogP contribution in [0.2, 0.25) is 0 Å². The highest BCUT2D eigenvalue weighted by Gasteiger charge is 2.14. The zero-order valence-electron chi connectivity index (χ0n) is 13.2. The maximum Gasteiger partial charge on any atom is 0.275 e. The van der Waals surface area contributed by atoms with Gasteiger partial charge in [-0.25, -0.2) is 9.97 Å². The minimum absolute atomic E-state index is 0.288. The number of carbonyl (C=O) groups excluding carboxylic acids is 1. The fourth-order valence-electron chi connectivity index (χ4n) is 2.09. The number of thiazole rings is 1. The largest absolute Gasteiger partial charge is 0.495 e. The lowest BCUT2D eigenvalue weighted by Crippen LogP contribution is -2.13. The molecule has 0 aliphatic heterocycles. The molecular weight excluding hydrogens is 324 g/mol. The van der Waals surface area contributed by atoms with E-state index in [0.29, 0.717) is 28.1 Å². The molecule has 3 rings (SSSR count). The van der Waals surface area contributed by atoms with Crippen molar-refractivity contribution in [3.05, 3.63) is 59.2 Å². The minimum atomic E-state index is -0.288. The number of nitrogens with one attached hydrogen (secondary N) is 2. The number of rotatable bonds is 5. The fourth-order valence-corrected chi connectivity index (χ4v) is 2.79. The summed E-state index contributed by atoms with van der Waals surface area (Å²) < 4.78 is 5.27. The number of pyridine rings is 1. The van der Waals surface area contributed by atoms with Crippen molar-refractivity contribution >= 4 is 33.9 Å². The van der Waals surface area contributed by atoms with Gasteiger partial charge in [0, 0.05) is 11.6 Å². The number of ether oxygens (including phenoxy) is 1. The van der Waals surface area contributed by atoms with Gasteiger partial charge in [0.05, 0.1) is 12.8 Å². The smallest absolute Gasteiger partial charge is 0.275 e. The van der Waals surface area contributed by atoms with E-state index in [2.05, 4.69) is 20.6 Å². The Morgan fingerprint density at radius 3 is 2.88 bits per heavy atom. The lowest BCUT2D eigenvalue weighted by atomic mass is 10.2. The molecule has 0 saturated heterocycles. The lowest BCUT2D eigenvalue weighted by Gasteiger charge is -2.10. The minimum Gasteiger partial charge on any atom is -0.495 e. The monoisotopic (exact) mass is 340 g/mol. The highest BCUT2D eigenvalue weighted by Crippen LogP contribution is 2.26. The summed E-state index contributed by atoms with van der Waals surface area (Å²) in [6, 6.07) is 11.1. The van der Waals surface area contributed by atoms with E-state index in [1.807, 2.05) is 43.3 Å². The Bertz CT molecular complexity index is 849. The summed E-state index contributed by atoms with van der Waals surface area (Å²) in [6.07, 6.45) is 1.69. The van der Waals surface area contributed by atoms with Crippen molar-refractivity contribution in [2.24, 2.45) is 0 Å². The van der Waals surface area contributed by atoms with Gasteiger partial charge in [-0.05, 0) is 36.8 Å². The molecule has 0 atom stereocenters. The van der Waals surface area contributed by atoms with E-state index in [9.17, 15) is 4.79 Å². The molecule has 122 valence electrons. The first-order valence-corrected chi connectivity index (χ1v) is 8.13. The maximum atomic E-state index is 12.4. The highest BCUT2D eigenvalue weighted by molar-refractivity contribution is 7.14. The molecule has 0 aliphatic rings. The van der Waals surface area contributed by atoms with E-state index in [1.54, 1.807) is 18.7 Å². The number of nitrogens with zero attached hydrogens (tertiary/aromatic N) is 2. The SMILES string of the molecule is COc1ccc(C)cc1NC(=O)c1csc(Nc2ccccn2)n1. The molecule has 1 aromatic carbocycles. The van der Waals surface area contributed by atoms with Crippen LogP contribution in [0.1, 0.15) is 16.1 Å².